The number of nitrogens with one attached hydrogen (secondary N) is 3. The van der Waals surface area contributed by atoms with Gasteiger partial charge >= 0.3 is 0 Å². The summed E-state index contributed by atoms with van der Waals surface area (Å²) >= 11 is 17.0. The van der Waals surface area contributed by atoms with Gasteiger partial charge in [0.15, 0.2) is 10.9 Å². The van der Waals surface area contributed by atoms with E-state index in [1.807, 2.05) is 31.2 Å². The van der Waals surface area contributed by atoms with Gasteiger partial charge in [-0.05, 0) is 79.9 Å². The molecule has 0 amide bonds. The number of nitrogens with zero attached hydrogens (tertiary/aromatic N) is 4. The maximum absolute atomic E-state index is 11.0. The van der Waals surface area contributed by atoms with Crippen LogP contribution in [0.5, 0.6) is 0 Å². The third kappa shape index (κ3) is 5.96. The standard InChI is InChI=1S/C23H18ClN7O2S2/c1-14-2-8-17(9-3-14)25-22(34)29-28-21-26-20(15-4-10-19(11-5-15)31(32)33)27-23(35)30(21)18-12-6-16(24)7-13-18/h2-13H,1H3,(H2,25,29,34)(H,26,27,28,35). The highest BCUT2D eigenvalue weighted by atomic mass is 35.5. The van der Waals surface area contributed by atoms with E-state index in [1.165, 1.54) is 12.1 Å². The molecule has 35 heavy (non-hydrogen) atoms. The molecular formula is C23H18ClN7O2S2. The SMILES string of the molecule is Cc1ccc(NC(=S)NNc2nc(-c3ccc([N+](=O)[O-])cc3)nc(=S)n2-c2ccc(Cl)cc2)cc1. The Kier molecular flexibility index (Phi) is 7.30. The zero-order valence-electron chi connectivity index (χ0n) is 18.2. The lowest BCUT2D eigenvalue weighted by Crippen LogP contribution is -2.35. The largest absolute Gasteiger partial charge is 0.331 e. The van der Waals surface area contributed by atoms with Crippen molar-refractivity contribution in [3.8, 4) is 17.1 Å². The van der Waals surface area contributed by atoms with E-state index in [2.05, 4.69) is 26.1 Å². The van der Waals surface area contributed by atoms with Crippen molar-refractivity contribution in [2.75, 3.05) is 10.7 Å². The summed E-state index contributed by atoms with van der Waals surface area (Å²) in [5, 5.41) is 14.9. The van der Waals surface area contributed by atoms with E-state index >= 15 is 0 Å². The van der Waals surface area contributed by atoms with Crippen molar-refractivity contribution < 1.29 is 4.92 Å². The number of halogens is 1. The number of nitro benzene ring substituents is 1. The number of anilines is 2. The van der Waals surface area contributed by atoms with Crippen LogP contribution in [0.25, 0.3) is 17.1 Å². The predicted molar refractivity (Wildman–Crippen MR) is 143 cm³/mol. The number of nitro groups is 1. The highest BCUT2D eigenvalue weighted by Crippen LogP contribution is 2.23. The predicted octanol–water partition coefficient (Wildman–Crippen LogP) is 5.85. The summed E-state index contributed by atoms with van der Waals surface area (Å²) in [6, 6.07) is 20.7. The van der Waals surface area contributed by atoms with Crippen molar-refractivity contribution in [1.82, 2.24) is 20.0 Å². The van der Waals surface area contributed by atoms with Gasteiger partial charge in [0.25, 0.3) is 5.69 Å². The quantitative estimate of drug-likeness (QED) is 0.163. The molecule has 0 saturated heterocycles. The topological polar surface area (TPSA) is 110 Å². The van der Waals surface area contributed by atoms with Gasteiger partial charge in [0.2, 0.25) is 10.7 Å². The molecule has 0 unspecified atom stereocenters. The highest BCUT2D eigenvalue weighted by Gasteiger charge is 2.14. The minimum atomic E-state index is -0.471. The molecule has 0 aliphatic heterocycles. The molecule has 0 aliphatic rings. The number of aryl methyl sites for hydroxylation is 1. The molecule has 0 bridgehead atoms. The maximum Gasteiger partial charge on any atom is 0.269 e. The van der Waals surface area contributed by atoms with E-state index in [9.17, 15) is 10.1 Å². The maximum atomic E-state index is 11.0. The lowest BCUT2D eigenvalue weighted by Gasteiger charge is -2.17. The summed E-state index contributed by atoms with van der Waals surface area (Å²) in [6.45, 7) is 2.00. The summed E-state index contributed by atoms with van der Waals surface area (Å²) in [6.07, 6.45) is 0. The number of hydrogen-bond donors (Lipinski definition) is 3. The summed E-state index contributed by atoms with van der Waals surface area (Å²) < 4.78 is 1.82. The monoisotopic (exact) mass is 523 g/mol. The van der Waals surface area contributed by atoms with Crippen LogP contribution < -0.4 is 16.2 Å². The number of thiocarbonyl (C=S) groups is 1. The molecule has 1 aromatic heterocycles. The number of benzene rings is 3. The van der Waals surface area contributed by atoms with Crippen LogP contribution in [-0.2, 0) is 0 Å². The minimum Gasteiger partial charge on any atom is -0.331 e. The smallest absolute Gasteiger partial charge is 0.269 e. The molecule has 0 saturated carbocycles. The number of non-ortho nitro benzene ring substituents is 1. The highest BCUT2D eigenvalue weighted by molar-refractivity contribution is 7.80. The normalized spacial score (nSPS) is 10.5. The first-order valence-electron chi connectivity index (χ1n) is 10.2. The van der Waals surface area contributed by atoms with Crippen molar-refractivity contribution in [1.29, 1.82) is 0 Å². The molecular weight excluding hydrogens is 506 g/mol. The molecule has 0 atom stereocenters. The zero-order chi connectivity index (χ0) is 24.9. The van der Waals surface area contributed by atoms with Crippen LogP contribution >= 0.6 is 36.0 Å². The van der Waals surface area contributed by atoms with Gasteiger partial charge in [0.05, 0.1) is 10.6 Å². The van der Waals surface area contributed by atoms with Crippen molar-refractivity contribution >= 4 is 58.5 Å². The van der Waals surface area contributed by atoms with Crippen LogP contribution in [0.2, 0.25) is 5.02 Å². The molecule has 0 aliphatic carbocycles. The molecule has 3 aromatic carbocycles. The van der Waals surface area contributed by atoms with Crippen molar-refractivity contribution in [2.45, 2.75) is 6.92 Å². The molecule has 176 valence electrons. The Bertz CT molecular complexity index is 1440. The van der Waals surface area contributed by atoms with Crippen LogP contribution in [0.15, 0.2) is 72.8 Å². The first-order valence-corrected chi connectivity index (χ1v) is 11.4. The van der Waals surface area contributed by atoms with Crippen LogP contribution in [-0.4, -0.2) is 24.6 Å². The average molecular weight is 524 g/mol. The van der Waals surface area contributed by atoms with Gasteiger partial charge in [0.1, 0.15) is 0 Å². The van der Waals surface area contributed by atoms with Gasteiger partial charge in [0, 0.05) is 28.4 Å². The van der Waals surface area contributed by atoms with Crippen molar-refractivity contribution in [3.05, 3.63) is 98.3 Å². The fraction of sp³-hybridized carbons (Fsp3) is 0.0435. The third-order valence-corrected chi connectivity index (χ3v) is 5.56. The summed E-state index contributed by atoms with van der Waals surface area (Å²) in [5.41, 5.74) is 9.06. The Hall–Kier alpha value is -3.93. The van der Waals surface area contributed by atoms with E-state index in [0.29, 0.717) is 27.3 Å². The number of hydrogen-bond acceptors (Lipinski definition) is 7. The third-order valence-electron chi connectivity index (χ3n) is 4.83. The van der Waals surface area contributed by atoms with Gasteiger partial charge in [-0.15, -0.1) is 0 Å². The van der Waals surface area contributed by atoms with Crippen LogP contribution in [0.1, 0.15) is 5.56 Å². The van der Waals surface area contributed by atoms with Crippen LogP contribution in [0.4, 0.5) is 17.3 Å². The summed E-state index contributed by atoms with van der Waals surface area (Å²) in [5.74, 6) is 0.588. The van der Waals surface area contributed by atoms with Gasteiger partial charge in [-0.25, -0.2) is 0 Å². The van der Waals surface area contributed by atoms with E-state index in [0.717, 1.165) is 11.3 Å². The Morgan fingerprint density at radius 3 is 2.29 bits per heavy atom. The second-order valence-electron chi connectivity index (χ2n) is 7.34. The zero-order valence-corrected chi connectivity index (χ0v) is 20.6. The molecule has 1 heterocycles. The van der Waals surface area contributed by atoms with E-state index in [1.54, 1.807) is 41.0 Å². The van der Waals surface area contributed by atoms with Crippen LogP contribution in [0, 0.1) is 21.8 Å². The van der Waals surface area contributed by atoms with Crippen LogP contribution in [0.3, 0.4) is 0 Å². The van der Waals surface area contributed by atoms with E-state index < -0.39 is 4.92 Å². The fourth-order valence-electron chi connectivity index (χ4n) is 3.09. The second kappa shape index (κ2) is 10.6. The first kappa shape index (κ1) is 24.2. The minimum absolute atomic E-state index is 0.0351. The van der Waals surface area contributed by atoms with Gasteiger partial charge in [-0.2, -0.15) is 9.97 Å². The molecule has 12 heteroatoms. The fourth-order valence-corrected chi connectivity index (χ4v) is 3.66. The van der Waals surface area contributed by atoms with Gasteiger partial charge in [-0.3, -0.25) is 25.5 Å². The Labute approximate surface area is 215 Å². The second-order valence-corrected chi connectivity index (χ2v) is 8.55. The molecule has 0 spiro atoms. The summed E-state index contributed by atoms with van der Waals surface area (Å²) in [4.78, 5) is 19.5. The first-order chi connectivity index (χ1) is 16.8. The Morgan fingerprint density at radius 2 is 1.66 bits per heavy atom. The Balaban J connectivity index is 1.66. The van der Waals surface area contributed by atoms with E-state index in [-0.39, 0.29) is 16.3 Å². The van der Waals surface area contributed by atoms with Gasteiger partial charge in [-0.1, -0.05) is 29.3 Å². The van der Waals surface area contributed by atoms with Crippen molar-refractivity contribution in [3.63, 3.8) is 0 Å². The number of hydrazine groups is 1. The molecule has 0 radical (unpaired) electrons. The lowest BCUT2D eigenvalue weighted by molar-refractivity contribution is -0.384. The van der Waals surface area contributed by atoms with Crippen molar-refractivity contribution in [2.24, 2.45) is 0 Å². The summed E-state index contributed by atoms with van der Waals surface area (Å²) in [7, 11) is 0. The number of rotatable bonds is 6. The molecule has 9 nitrogen and oxygen atoms in total. The molecule has 3 N–H and O–H groups in total. The Morgan fingerprint density at radius 1 is 1.00 bits per heavy atom. The van der Waals surface area contributed by atoms with E-state index in [4.69, 9.17) is 36.0 Å². The molecule has 4 rings (SSSR count). The molecule has 0 fully saturated rings. The number of aromatic nitrogens is 3. The lowest BCUT2D eigenvalue weighted by atomic mass is 10.2. The molecule has 4 aromatic rings. The van der Waals surface area contributed by atoms with Gasteiger partial charge < -0.3 is 5.32 Å². The average Bonchev–Trinajstić information content (AvgIpc) is 2.85.